The van der Waals surface area contributed by atoms with Gasteiger partial charge in [-0.3, -0.25) is 0 Å². The van der Waals surface area contributed by atoms with Gasteiger partial charge in [-0.25, -0.2) is 4.39 Å². The lowest BCUT2D eigenvalue weighted by atomic mass is 10.1. The molecule has 0 amide bonds. The first-order chi connectivity index (χ1) is 9.51. The molecule has 0 atom stereocenters. The summed E-state index contributed by atoms with van der Waals surface area (Å²) in [4.78, 5) is 0. The first-order valence-corrected chi connectivity index (χ1v) is 7.37. The predicted octanol–water partition coefficient (Wildman–Crippen LogP) is 5.19. The van der Waals surface area contributed by atoms with Gasteiger partial charge in [-0.05, 0) is 52.7 Å². The largest absolute Gasteiger partial charge is 0.456 e. The van der Waals surface area contributed by atoms with E-state index in [1.54, 1.807) is 12.1 Å². The molecule has 0 radical (unpaired) electrons. The first-order valence-electron chi connectivity index (χ1n) is 5.82. The van der Waals surface area contributed by atoms with Crippen molar-refractivity contribution in [3.05, 3.63) is 56.2 Å². The topological polar surface area (TPSA) is 35.2 Å². The van der Waals surface area contributed by atoms with E-state index in [0.29, 0.717) is 34.0 Å². The lowest BCUT2D eigenvalue weighted by Gasteiger charge is -2.13. The number of benzene rings is 2. The molecular weight excluding hydrogens is 368 g/mol. The van der Waals surface area contributed by atoms with Crippen LogP contribution in [-0.4, -0.2) is 6.54 Å². The van der Waals surface area contributed by atoms with Gasteiger partial charge >= 0.3 is 0 Å². The maximum Gasteiger partial charge on any atom is 0.145 e. The second-order valence-corrected chi connectivity index (χ2v) is 5.79. The maximum absolute atomic E-state index is 13.5. The van der Waals surface area contributed by atoms with Gasteiger partial charge in [0.25, 0.3) is 0 Å². The van der Waals surface area contributed by atoms with Gasteiger partial charge in [0.1, 0.15) is 17.3 Å². The fourth-order valence-corrected chi connectivity index (χ4v) is 2.57. The van der Waals surface area contributed by atoms with Crippen molar-refractivity contribution in [1.82, 2.24) is 0 Å². The van der Waals surface area contributed by atoms with Crippen LogP contribution >= 0.6 is 39.1 Å². The smallest absolute Gasteiger partial charge is 0.145 e. The standard InChI is InChI=1S/C14H11BrCl2FNO/c15-10-6-11(17)12(18)7-14(10)20-13-5-9(16)2-1-8(13)3-4-19/h1-2,5-7H,3-4,19H2. The van der Waals surface area contributed by atoms with Crippen molar-refractivity contribution in [3.63, 3.8) is 0 Å². The van der Waals surface area contributed by atoms with Crippen LogP contribution in [0.2, 0.25) is 10.0 Å². The number of nitrogens with two attached hydrogens (primary N) is 1. The summed E-state index contributed by atoms with van der Waals surface area (Å²) in [5.74, 6) is 0.324. The lowest BCUT2D eigenvalue weighted by Crippen LogP contribution is -2.04. The molecule has 2 aromatic rings. The van der Waals surface area contributed by atoms with Gasteiger partial charge < -0.3 is 10.5 Å². The molecule has 0 aliphatic heterocycles. The molecule has 2 aromatic carbocycles. The van der Waals surface area contributed by atoms with Crippen LogP contribution in [0.5, 0.6) is 11.5 Å². The van der Waals surface area contributed by atoms with E-state index in [2.05, 4.69) is 15.9 Å². The minimum absolute atomic E-state index is 0.0255. The minimum atomic E-state index is -0.549. The number of rotatable bonds is 4. The number of halogens is 4. The Morgan fingerprint density at radius 2 is 1.90 bits per heavy atom. The average molecular weight is 379 g/mol. The van der Waals surface area contributed by atoms with E-state index in [1.807, 2.05) is 6.07 Å². The van der Waals surface area contributed by atoms with Crippen molar-refractivity contribution in [2.24, 2.45) is 5.73 Å². The Bertz CT molecular complexity index is 637. The van der Waals surface area contributed by atoms with Gasteiger partial charge in [0.2, 0.25) is 0 Å². The Balaban J connectivity index is 2.38. The van der Waals surface area contributed by atoms with Crippen LogP contribution in [0.3, 0.4) is 0 Å². The molecule has 0 spiro atoms. The molecule has 0 unspecified atom stereocenters. The molecule has 0 aliphatic rings. The summed E-state index contributed by atoms with van der Waals surface area (Å²) in [7, 11) is 0. The molecule has 2 N–H and O–H groups in total. The summed E-state index contributed by atoms with van der Waals surface area (Å²) in [6, 6.07) is 7.94. The predicted molar refractivity (Wildman–Crippen MR) is 83.4 cm³/mol. The van der Waals surface area contributed by atoms with Crippen LogP contribution in [0.4, 0.5) is 4.39 Å². The quantitative estimate of drug-likeness (QED) is 0.743. The van der Waals surface area contributed by atoms with Gasteiger partial charge in [-0.15, -0.1) is 0 Å². The Labute approximate surface area is 134 Å². The van der Waals surface area contributed by atoms with Crippen LogP contribution < -0.4 is 10.5 Å². The van der Waals surface area contributed by atoms with Gasteiger partial charge in [0.15, 0.2) is 0 Å². The van der Waals surface area contributed by atoms with Crippen LogP contribution in [-0.2, 0) is 6.42 Å². The molecule has 0 aromatic heterocycles. The summed E-state index contributed by atoms with van der Waals surface area (Å²) >= 11 is 14.9. The SMILES string of the molecule is NCCc1ccc(Cl)cc1Oc1cc(F)c(Cl)cc1Br. The normalized spacial score (nSPS) is 10.7. The zero-order chi connectivity index (χ0) is 14.7. The molecule has 0 heterocycles. The van der Waals surface area contributed by atoms with E-state index >= 15 is 0 Å². The molecule has 2 rings (SSSR count). The highest BCUT2D eigenvalue weighted by molar-refractivity contribution is 9.10. The van der Waals surface area contributed by atoms with E-state index in [-0.39, 0.29) is 5.02 Å². The third-order valence-corrected chi connectivity index (χ3v) is 3.78. The highest BCUT2D eigenvalue weighted by atomic mass is 79.9. The number of hydrogen-bond acceptors (Lipinski definition) is 2. The van der Waals surface area contributed by atoms with Gasteiger partial charge in [0.05, 0.1) is 9.50 Å². The molecule has 0 saturated heterocycles. The zero-order valence-electron chi connectivity index (χ0n) is 10.3. The van der Waals surface area contributed by atoms with Gasteiger partial charge in [-0.2, -0.15) is 0 Å². The second kappa shape index (κ2) is 6.76. The van der Waals surface area contributed by atoms with Crippen molar-refractivity contribution < 1.29 is 9.13 Å². The molecule has 2 nitrogen and oxygen atoms in total. The van der Waals surface area contributed by atoms with E-state index in [1.165, 1.54) is 12.1 Å². The molecule has 106 valence electrons. The Morgan fingerprint density at radius 1 is 1.15 bits per heavy atom. The second-order valence-electron chi connectivity index (χ2n) is 4.09. The first kappa shape index (κ1) is 15.6. The van der Waals surface area contributed by atoms with Crippen molar-refractivity contribution >= 4 is 39.1 Å². The molecule has 0 fully saturated rings. The number of ether oxygens (including phenoxy) is 1. The fourth-order valence-electron chi connectivity index (χ4n) is 1.69. The third-order valence-electron chi connectivity index (χ3n) is 2.64. The molecule has 0 aliphatic carbocycles. The fraction of sp³-hybridized carbons (Fsp3) is 0.143. The third kappa shape index (κ3) is 3.64. The van der Waals surface area contributed by atoms with E-state index in [9.17, 15) is 4.39 Å². The van der Waals surface area contributed by atoms with Crippen molar-refractivity contribution in [2.75, 3.05) is 6.54 Å². The number of hydrogen-bond donors (Lipinski definition) is 1. The maximum atomic E-state index is 13.5. The van der Waals surface area contributed by atoms with Gasteiger partial charge in [-0.1, -0.05) is 29.3 Å². The van der Waals surface area contributed by atoms with Crippen molar-refractivity contribution in [2.45, 2.75) is 6.42 Å². The van der Waals surface area contributed by atoms with E-state index in [0.717, 1.165) is 5.56 Å². The van der Waals surface area contributed by atoms with Crippen molar-refractivity contribution in [3.8, 4) is 11.5 Å². The van der Waals surface area contributed by atoms with Crippen LogP contribution in [0.1, 0.15) is 5.56 Å². The molecule has 0 bridgehead atoms. The van der Waals surface area contributed by atoms with E-state index < -0.39 is 5.82 Å². The van der Waals surface area contributed by atoms with Crippen LogP contribution in [0.15, 0.2) is 34.8 Å². The molecular formula is C14H11BrCl2FNO. The summed E-state index contributed by atoms with van der Waals surface area (Å²) in [5, 5.41) is 0.559. The minimum Gasteiger partial charge on any atom is -0.456 e. The molecule has 20 heavy (non-hydrogen) atoms. The van der Waals surface area contributed by atoms with E-state index in [4.69, 9.17) is 33.7 Å². The highest BCUT2D eigenvalue weighted by Gasteiger charge is 2.11. The monoisotopic (exact) mass is 377 g/mol. The van der Waals surface area contributed by atoms with Crippen LogP contribution in [0, 0.1) is 5.82 Å². The van der Waals surface area contributed by atoms with Gasteiger partial charge in [0, 0.05) is 11.1 Å². The zero-order valence-corrected chi connectivity index (χ0v) is 13.4. The summed E-state index contributed by atoms with van der Waals surface area (Å²) in [5.41, 5.74) is 6.46. The summed E-state index contributed by atoms with van der Waals surface area (Å²) < 4.78 is 19.8. The highest BCUT2D eigenvalue weighted by Crippen LogP contribution is 2.36. The molecule has 0 saturated carbocycles. The Kier molecular flexibility index (Phi) is 5.27. The summed E-state index contributed by atoms with van der Waals surface area (Å²) in [6.07, 6.45) is 0.639. The molecule has 6 heteroatoms. The average Bonchev–Trinajstić information content (AvgIpc) is 2.39. The Hall–Kier alpha value is -0.810. The van der Waals surface area contributed by atoms with Crippen LogP contribution in [0.25, 0.3) is 0 Å². The van der Waals surface area contributed by atoms with Crippen molar-refractivity contribution in [1.29, 1.82) is 0 Å². The lowest BCUT2D eigenvalue weighted by molar-refractivity contribution is 0.468. The Morgan fingerprint density at radius 3 is 2.60 bits per heavy atom. The summed E-state index contributed by atoms with van der Waals surface area (Å²) in [6.45, 7) is 0.480.